The number of benzene rings is 4. The van der Waals surface area contributed by atoms with E-state index in [-0.39, 0.29) is 34.3 Å². The van der Waals surface area contributed by atoms with Gasteiger partial charge in [0.1, 0.15) is 0 Å². The van der Waals surface area contributed by atoms with Crippen molar-refractivity contribution in [3.63, 3.8) is 0 Å². The molecule has 0 saturated heterocycles. The summed E-state index contributed by atoms with van der Waals surface area (Å²) in [5, 5.41) is 0.585. The minimum Gasteiger partial charge on any atom is -0.406 e. The zero-order valence-corrected chi connectivity index (χ0v) is 32.1. The van der Waals surface area contributed by atoms with E-state index in [0.29, 0.717) is 0 Å². The highest BCUT2D eigenvalue weighted by molar-refractivity contribution is 7.92. The van der Waals surface area contributed by atoms with Crippen molar-refractivity contribution in [1.29, 1.82) is 0 Å². The molecule has 0 fully saturated rings. The molecule has 1 N–H and O–H groups in total. The van der Waals surface area contributed by atoms with E-state index in [2.05, 4.69) is 49.8 Å². The highest BCUT2D eigenvalue weighted by Crippen LogP contribution is 2.37. The first-order valence-corrected chi connectivity index (χ1v) is 21.3. The zero-order chi connectivity index (χ0) is 35.9. The summed E-state index contributed by atoms with van der Waals surface area (Å²) in [6.07, 6.45) is -0.953. The Morgan fingerprint density at radius 1 is 0.653 bits per heavy atom. The third-order valence-corrected chi connectivity index (χ3v) is 17.6. The Morgan fingerprint density at radius 3 is 1.53 bits per heavy atom. The molecule has 264 valence electrons. The van der Waals surface area contributed by atoms with E-state index in [9.17, 15) is 16.8 Å². The van der Waals surface area contributed by atoms with E-state index >= 15 is 0 Å². The van der Waals surface area contributed by atoms with Crippen LogP contribution in [0.5, 0.6) is 0 Å². The topological polar surface area (TPSA) is 108 Å². The Bertz CT molecular complexity index is 1800. The molecule has 8 nitrogen and oxygen atoms in total. The number of hydrogen-bond donors (Lipinski definition) is 1. The molecule has 4 aromatic carbocycles. The Labute approximate surface area is 293 Å². The third kappa shape index (κ3) is 9.15. The van der Waals surface area contributed by atoms with Gasteiger partial charge in [0.2, 0.25) is 10.0 Å². The van der Waals surface area contributed by atoms with Gasteiger partial charge in [-0.1, -0.05) is 117 Å². The molecule has 2 atom stereocenters. The minimum absolute atomic E-state index is 0.0226. The number of rotatable bonds is 16. The summed E-state index contributed by atoms with van der Waals surface area (Å²) in [4.78, 5) is 0.222. The van der Waals surface area contributed by atoms with Crippen LogP contribution in [0.25, 0.3) is 0 Å². The lowest BCUT2D eigenvalue weighted by Crippen LogP contribution is -2.67. The third-order valence-electron chi connectivity index (χ3n) is 8.89. The predicted octanol–water partition coefficient (Wildman–Crippen LogP) is 5.77. The number of aryl methyl sites for hydroxylation is 2. The molecule has 0 spiro atoms. The second-order valence-electron chi connectivity index (χ2n) is 13.5. The first kappa shape index (κ1) is 38.6. The lowest BCUT2D eigenvalue weighted by atomic mass is 10.1. The van der Waals surface area contributed by atoms with Crippen molar-refractivity contribution in [2.45, 2.75) is 79.9 Å². The van der Waals surface area contributed by atoms with Gasteiger partial charge in [0.05, 0.1) is 21.6 Å². The van der Waals surface area contributed by atoms with E-state index in [0.717, 1.165) is 21.5 Å². The van der Waals surface area contributed by atoms with Crippen molar-refractivity contribution >= 4 is 38.6 Å². The molecule has 0 heterocycles. The SMILES string of the molecule is COC(CC(CC(CO[Si](c1ccccc1)(c1ccccc1)C(C)(C)C)NS(=O)(=O)c1ccc(C)cc1)S(=O)(=O)c1ccc(C)cc1)OC. The lowest BCUT2D eigenvalue weighted by molar-refractivity contribution is -0.106. The largest absolute Gasteiger partial charge is 0.406 e. The number of hydrogen-bond acceptors (Lipinski definition) is 7. The van der Waals surface area contributed by atoms with Crippen LogP contribution in [-0.4, -0.2) is 63.6 Å². The smallest absolute Gasteiger partial charge is 0.261 e. The maximum atomic E-state index is 14.3. The van der Waals surface area contributed by atoms with Crippen LogP contribution >= 0.6 is 0 Å². The van der Waals surface area contributed by atoms with Gasteiger partial charge in [-0.05, 0) is 59.9 Å². The van der Waals surface area contributed by atoms with Crippen LogP contribution in [0.3, 0.4) is 0 Å². The normalized spacial score (nSPS) is 14.1. The minimum atomic E-state index is -4.08. The summed E-state index contributed by atoms with van der Waals surface area (Å²) < 4.78 is 77.4. The highest BCUT2D eigenvalue weighted by Gasteiger charge is 2.50. The van der Waals surface area contributed by atoms with Gasteiger partial charge in [0, 0.05) is 26.7 Å². The zero-order valence-electron chi connectivity index (χ0n) is 29.4. The molecule has 4 rings (SSSR count). The molecule has 4 aromatic rings. The van der Waals surface area contributed by atoms with E-state index in [1.54, 1.807) is 48.5 Å². The van der Waals surface area contributed by atoms with Gasteiger partial charge in [-0.2, -0.15) is 0 Å². The first-order chi connectivity index (χ1) is 23.1. The Hall–Kier alpha value is -3.16. The van der Waals surface area contributed by atoms with Crippen LogP contribution in [0.2, 0.25) is 5.04 Å². The van der Waals surface area contributed by atoms with Gasteiger partial charge in [0.25, 0.3) is 8.32 Å². The number of sulfone groups is 1. The Balaban J connectivity index is 1.84. The summed E-state index contributed by atoms with van der Waals surface area (Å²) in [5.41, 5.74) is 1.84. The number of methoxy groups -OCH3 is 2. The average Bonchev–Trinajstić information content (AvgIpc) is 3.07. The van der Waals surface area contributed by atoms with Crippen LogP contribution in [0, 0.1) is 13.8 Å². The molecule has 0 radical (unpaired) electrons. The first-order valence-electron chi connectivity index (χ1n) is 16.3. The fraction of sp³-hybridized carbons (Fsp3) is 0.368. The molecule has 11 heteroatoms. The molecule has 0 aliphatic rings. The average molecular weight is 724 g/mol. The van der Waals surface area contributed by atoms with E-state index in [4.69, 9.17) is 13.9 Å². The van der Waals surface area contributed by atoms with Crippen molar-refractivity contribution in [3.8, 4) is 0 Å². The maximum absolute atomic E-state index is 14.3. The van der Waals surface area contributed by atoms with Crippen molar-refractivity contribution in [1.82, 2.24) is 4.72 Å². The summed E-state index contributed by atoms with van der Waals surface area (Å²) in [6.45, 7) is 10.1. The molecule has 0 aliphatic heterocycles. The number of ether oxygens (including phenoxy) is 2. The van der Waals surface area contributed by atoms with Gasteiger partial charge >= 0.3 is 0 Å². The second kappa shape index (κ2) is 16.2. The summed E-state index contributed by atoms with van der Waals surface area (Å²) >= 11 is 0. The van der Waals surface area contributed by atoms with Crippen molar-refractivity contribution in [2.75, 3.05) is 20.8 Å². The van der Waals surface area contributed by atoms with E-state index in [1.807, 2.05) is 50.2 Å². The molecule has 0 saturated carbocycles. The van der Waals surface area contributed by atoms with E-state index in [1.165, 1.54) is 14.2 Å². The van der Waals surface area contributed by atoms with Gasteiger partial charge in [-0.3, -0.25) is 0 Å². The molecule has 2 unspecified atom stereocenters. The quantitative estimate of drug-likeness (QED) is 0.116. The molecular formula is C38H49NO7S2Si. The predicted molar refractivity (Wildman–Crippen MR) is 198 cm³/mol. The molecule has 49 heavy (non-hydrogen) atoms. The van der Waals surface area contributed by atoms with Crippen LogP contribution < -0.4 is 15.1 Å². The maximum Gasteiger partial charge on any atom is 0.261 e. The van der Waals surface area contributed by atoms with Crippen LogP contribution in [0.4, 0.5) is 0 Å². The number of sulfonamides is 1. The van der Waals surface area contributed by atoms with Crippen molar-refractivity contribution in [3.05, 3.63) is 120 Å². The lowest BCUT2D eigenvalue weighted by Gasteiger charge is -2.44. The van der Waals surface area contributed by atoms with Crippen LogP contribution in [0.1, 0.15) is 44.7 Å². The van der Waals surface area contributed by atoms with E-state index < -0.39 is 45.8 Å². The molecule has 0 amide bonds. The summed E-state index contributed by atoms with van der Waals surface area (Å²) in [7, 11) is -8.28. The highest BCUT2D eigenvalue weighted by atomic mass is 32.2. The fourth-order valence-electron chi connectivity index (χ4n) is 6.23. The number of nitrogens with one attached hydrogen (secondary N) is 1. The van der Waals surface area contributed by atoms with Crippen molar-refractivity contribution in [2.24, 2.45) is 0 Å². The van der Waals surface area contributed by atoms with Crippen LogP contribution in [-0.2, 0) is 33.8 Å². The molecular weight excluding hydrogens is 675 g/mol. The fourth-order valence-corrected chi connectivity index (χ4v) is 13.9. The van der Waals surface area contributed by atoms with Gasteiger partial charge < -0.3 is 13.9 Å². The summed E-state index contributed by atoms with van der Waals surface area (Å²) in [5.74, 6) is 0. The molecule has 0 aliphatic carbocycles. The van der Waals surface area contributed by atoms with Gasteiger partial charge in [0.15, 0.2) is 16.1 Å². The standard InChI is InChI=1S/C38H49NO7S2Si/c1-29-18-22-32(23-19-29)47(40,41)34(27-37(44-6)45-7)26-31(39-48(42,43)33-24-20-30(2)21-25-33)28-46-49(38(3,4)5,35-14-10-8-11-15-35)36-16-12-9-13-17-36/h8-25,31,34,37,39H,26-28H2,1-7H3. The van der Waals surface area contributed by atoms with Gasteiger partial charge in [-0.15, -0.1) is 0 Å². The molecule has 0 aromatic heterocycles. The summed E-state index contributed by atoms with van der Waals surface area (Å²) in [6, 6.07) is 32.3. The van der Waals surface area contributed by atoms with Crippen molar-refractivity contribution < 1.29 is 30.7 Å². The monoisotopic (exact) mass is 723 g/mol. The molecule has 0 bridgehead atoms. The Kier molecular flexibility index (Phi) is 12.8. The Morgan fingerprint density at radius 2 is 1.10 bits per heavy atom. The van der Waals surface area contributed by atoms with Crippen LogP contribution in [0.15, 0.2) is 119 Å². The second-order valence-corrected chi connectivity index (χ2v) is 21.7. The van der Waals surface area contributed by atoms with Gasteiger partial charge in [-0.25, -0.2) is 21.6 Å².